The van der Waals surface area contributed by atoms with Gasteiger partial charge in [-0.1, -0.05) is 0 Å². The summed E-state index contributed by atoms with van der Waals surface area (Å²) in [7, 11) is 0. The van der Waals surface area contributed by atoms with Crippen LogP contribution in [-0.4, -0.2) is 18.5 Å². The molecule has 0 atom stereocenters. The summed E-state index contributed by atoms with van der Waals surface area (Å²) in [5.74, 6) is -0.942. The lowest BCUT2D eigenvalue weighted by molar-refractivity contribution is -0.119. The summed E-state index contributed by atoms with van der Waals surface area (Å²) in [6, 6.07) is 12.0. The van der Waals surface area contributed by atoms with Gasteiger partial charge in [0.2, 0.25) is 0 Å². The fraction of sp³-hybridized carbons (Fsp3) is 0.125. The van der Waals surface area contributed by atoms with Gasteiger partial charge in [-0.05, 0) is 77.5 Å². The summed E-state index contributed by atoms with van der Waals surface area (Å²) in [6.45, 7) is 1.56. The van der Waals surface area contributed by atoms with Crippen molar-refractivity contribution in [2.75, 3.05) is 17.7 Å². The van der Waals surface area contributed by atoms with Gasteiger partial charge in [-0.2, -0.15) is 0 Å². The molecule has 0 aliphatic rings. The number of ether oxygens (including phenoxy) is 1. The SMILES string of the molecule is Cc1cc(I)ccc1NC(=O)COC(=O)c1ccc(N)cc1. The summed E-state index contributed by atoms with van der Waals surface area (Å²) in [5, 5.41) is 2.71. The number of aryl methyl sites for hydroxylation is 1. The second kappa shape index (κ2) is 7.26. The van der Waals surface area contributed by atoms with Crippen LogP contribution in [0, 0.1) is 10.5 Å². The van der Waals surface area contributed by atoms with E-state index in [1.54, 1.807) is 24.3 Å². The summed E-state index contributed by atoms with van der Waals surface area (Å²) in [4.78, 5) is 23.6. The lowest BCUT2D eigenvalue weighted by atomic mass is 10.2. The number of amides is 1. The molecule has 0 aromatic heterocycles. The molecule has 0 aliphatic carbocycles. The van der Waals surface area contributed by atoms with E-state index in [9.17, 15) is 9.59 Å². The average Bonchev–Trinajstić information content (AvgIpc) is 2.48. The molecule has 114 valence electrons. The van der Waals surface area contributed by atoms with Gasteiger partial charge in [-0.3, -0.25) is 4.79 Å². The van der Waals surface area contributed by atoms with E-state index in [1.807, 2.05) is 25.1 Å². The van der Waals surface area contributed by atoms with E-state index in [2.05, 4.69) is 27.9 Å². The topological polar surface area (TPSA) is 81.4 Å². The Morgan fingerprint density at radius 1 is 1.18 bits per heavy atom. The summed E-state index contributed by atoms with van der Waals surface area (Å²) >= 11 is 2.20. The van der Waals surface area contributed by atoms with Gasteiger partial charge in [0.05, 0.1) is 5.56 Å². The van der Waals surface area contributed by atoms with Gasteiger partial charge in [-0.15, -0.1) is 0 Å². The summed E-state index contributed by atoms with van der Waals surface area (Å²) in [6.07, 6.45) is 0. The van der Waals surface area contributed by atoms with E-state index in [4.69, 9.17) is 10.5 Å². The normalized spacial score (nSPS) is 10.1. The first-order chi connectivity index (χ1) is 10.5. The van der Waals surface area contributed by atoms with Gasteiger partial charge in [0.15, 0.2) is 6.61 Å². The minimum atomic E-state index is -0.561. The largest absolute Gasteiger partial charge is 0.452 e. The van der Waals surface area contributed by atoms with Crippen LogP contribution in [0.1, 0.15) is 15.9 Å². The molecule has 22 heavy (non-hydrogen) atoms. The first-order valence-corrected chi connectivity index (χ1v) is 7.62. The standard InChI is InChI=1S/C16H15IN2O3/c1-10-8-12(17)4-7-14(10)19-15(20)9-22-16(21)11-2-5-13(18)6-3-11/h2-8H,9,18H2,1H3,(H,19,20). The minimum absolute atomic E-state index is 0.339. The zero-order chi connectivity index (χ0) is 16.1. The molecule has 0 heterocycles. The molecule has 6 heteroatoms. The van der Waals surface area contributed by atoms with Gasteiger partial charge in [0.1, 0.15) is 0 Å². The van der Waals surface area contributed by atoms with Crippen LogP contribution in [0.2, 0.25) is 0 Å². The van der Waals surface area contributed by atoms with Gasteiger partial charge in [0.25, 0.3) is 5.91 Å². The van der Waals surface area contributed by atoms with Crippen LogP contribution in [0.3, 0.4) is 0 Å². The first-order valence-electron chi connectivity index (χ1n) is 6.54. The average molecular weight is 410 g/mol. The van der Waals surface area contributed by atoms with Crippen molar-refractivity contribution in [2.45, 2.75) is 6.92 Å². The molecule has 0 unspecified atom stereocenters. The Morgan fingerprint density at radius 3 is 2.50 bits per heavy atom. The van der Waals surface area contributed by atoms with Crippen LogP contribution >= 0.6 is 22.6 Å². The van der Waals surface area contributed by atoms with Crippen molar-refractivity contribution < 1.29 is 14.3 Å². The van der Waals surface area contributed by atoms with Gasteiger partial charge < -0.3 is 15.8 Å². The van der Waals surface area contributed by atoms with Crippen LogP contribution < -0.4 is 11.1 Å². The molecule has 2 aromatic rings. The number of rotatable bonds is 4. The number of nitrogens with two attached hydrogens (primary N) is 1. The second-order valence-corrected chi connectivity index (χ2v) is 5.95. The van der Waals surface area contributed by atoms with Crippen molar-refractivity contribution in [1.29, 1.82) is 0 Å². The Balaban J connectivity index is 1.89. The molecule has 0 aliphatic heterocycles. The molecule has 0 fully saturated rings. The number of benzene rings is 2. The molecule has 0 saturated carbocycles. The highest BCUT2D eigenvalue weighted by Gasteiger charge is 2.11. The maximum atomic E-state index is 11.8. The quantitative estimate of drug-likeness (QED) is 0.462. The maximum Gasteiger partial charge on any atom is 0.338 e. The molecule has 2 rings (SSSR count). The predicted molar refractivity (Wildman–Crippen MR) is 93.7 cm³/mol. The Kier molecular flexibility index (Phi) is 5.37. The molecule has 0 bridgehead atoms. The number of halogens is 1. The van der Waals surface area contributed by atoms with E-state index in [1.165, 1.54) is 0 Å². The van der Waals surface area contributed by atoms with Crippen LogP contribution in [-0.2, 0) is 9.53 Å². The van der Waals surface area contributed by atoms with Crippen LogP contribution in [0.4, 0.5) is 11.4 Å². The summed E-state index contributed by atoms with van der Waals surface area (Å²) < 4.78 is 6.06. The fourth-order valence-corrected chi connectivity index (χ4v) is 2.43. The third kappa shape index (κ3) is 4.45. The fourth-order valence-electron chi connectivity index (χ4n) is 1.79. The van der Waals surface area contributed by atoms with Crippen molar-refractivity contribution >= 4 is 45.8 Å². The summed E-state index contributed by atoms with van der Waals surface area (Å²) in [5.41, 5.74) is 8.11. The minimum Gasteiger partial charge on any atom is -0.452 e. The zero-order valence-electron chi connectivity index (χ0n) is 11.9. The smallest absolute Gasteiger partial charge is 0.338 e. The Morgan fingerprint density at radius 2 is 1.86 bits per heavy atom. The maximum absolute atomic E-state index is 11.8. The van der Waals surface area contributed by atoms with Gasteiger partial charge in [-0.25, -0.2) is 4.79 Å². The lowest BCUT2D eigenvalue weighted by Gasteiger charge is -2.09. The van der Waals surface area contributed by atoms with Crippen LogP contribution in [0.5, 0.6) is 0 Å². The molecule has 0 saturated heterocycles. The number of hydrogen-bond donors (Lipinski definition) is 2. The Bertz CT molecular complexity index is 699. The molecule has 1 amide bonds. The monoisotopic (exact) mass is 410 g/mol. The van der Waals surface area contributed by atoms with Crippen LogP contribution in [0.25, 0.3) is 0 Å². The highest BCUT2D eigenvalue weighted by atomic mass is 127. The third-order valence-electron chi connectivity index (χ3n) is 2.94. The molecular weight excluding hydrogens is 395 g/mol. The number of nitrogens with one attached hydrogen (secondary N) is 1. The Labute approximate surface area is 142 Å². The second-order valence-electron chi connectivity index (χ2n) is 4.71. The first kappa shape index (κ1) is 16.3. The van der Waals surface area contributed by atoms with E-state index >= 15 is 0 Å². The predicted octanol–water partition coefficient (Wildman–Crippen LogP) is 2.98. The highest BCUT2D eigenvalue weighted by molar-refractivity contribution is 14.1. The zero-order valence-corrected chi connectivity index (χ0v) is 14.1. The highest BCUT2D eigenvalue weighted by Crippen LogP contribution is 2.17. The van der Waals surface area contributed by atoms with Crippen molar-refractivity contribution in [2.24, 2.45) is 0 Å². The number of esters is 1. The van der Waals surface area contributed by atoms with E-state index in [-0.39, 0.29) is 12.5 Å². The molecule has 3 N–H and O–H groups in total. The number of carbonyl (C=O) groups is 2. The molecule has 0 radical (unpaired) electrons. The van der Waals surface area contributed by atoms with Crippen molar-refractivity contribution in [3.63, 3.8) is 0 Å². The van der Waals surface area contributed by atoms with Crippen molar-refractivity contribution in [1.82, 2.24) is 0 Å². The number of carbonyl (C=O) groups excluding carboxylic acids is 2. The van der Waals surface area contributed by atoms with Gasteiger partial charge >= 0.3 is 5.97 Å². The van der Waals surface area contributed by atoms with E-state index in [0.29, 0.717) is 16.9 Å². The number of anilines is 2. The number of nitrogen functional groups attached to an aromatic ring is 1. The third-order valence-corrected chi connectivity index (χ3v) is 3.61. The lowest BCUT2D eigenvalue weighted by Crippen LogP contribution is -2.21. The van der Waals surface area contributed by atoms with E-state index in [0.717, 1.165) is 9.13 Å². The Hall–Kier alpha value is -2.09. The van der Waals surface area contributed by atoms with Crippen molar-refractivity contribution in [3.05, 3.63) is 57.2 Å². The molecular formula is C16H15IN2O3. The van der Waals surface area contributed by atoms with Crippen LogP contribution in [0.15, 0.2) is 42.5 Å². The van der Waals surface area contributed by atoms with Crippen molar-refractivity contribution in [3.8, 4) is 0 Å². The van der Waals surface area contributed by atoms with Gasteiger partial charge in [0, 0.05) is 14.9 Å². The number of hydrogen-bond acceptors (Lipinski definition) is 4. The van der Waals surface area contributed by atoms with E-state index < -0.39 is 5.97 Å². The molecule has 5 nitrogen and oxygen atoms in total. The molecule has 0 spiro atoms. The molecule has 2 aromatic carbocycles.